The molecule has 192 valence electrons. The molecular weight excluding hydrogens is 530 g/mol. The average Bonchev–Trinajstić information content (AvgIpc) is 2.82. The monoisotopic (exact) mass is 553 g/mol. The number of anilines is 6. The van der Waals surface area contributed by atoms with Gasteiger partial charge < -0.3 is 20.3 Å². The standard InChI is InChI=1S/C21H24ClN7O5S2/c1-34-20-17(7-8-18(26-20)29-9-11-36(32,33)12-10-29)25-21-23-13-14(22)19(27-21)24-15-5-3-4-6-16(15)28-35(2,30)31/h3-8,13,28H,9-12H2,1-2H3,(H2,23,24,25,27). The molecule has 0 radical (unpaired) electrons. The summed E-state index contributed by atoms with van der Waals surface area (Å²) in [6, 6.07) is 10.2. The van der Waals surface area contributed by atoms with Crippen molar-refractivity contribution in [2.45, 2.75) is 0 Å². The topological polar surface area (TPSA) is 156 Å². The summed E-state index contributed by atoms with van der Waals surface area (Å²) in [4.78, 5) is 15.0. The van der Waals surface area contributed by atoms with Crippen molar-refractivity contribution < 1.29 is 21.6 Å². The maximum absolute atomic E-state index is 11.7. The molecule has 15 heteroatoms. The Hall–Kier alpha value is -3.36. The van der Waals surface area contributed by atoms with Gasteiger partial charge in [-0.2, -0.15) is 9.97 Å². The van der Waals surface area contributed by atoms with Gasteiger partial charge in [-0.3, -0.25) is 4.72 Å². The van der Waals surface area contributed by atoms with Gasteiger partial charge in [0.2, 0.25) is 21.9 Å². The van der Waals surface area contributed by atoms with Gasteiger partial charge in [-0.25, -0.2) is 21.8 Å². The molecular formula is C21H24ClN7O5S2. The van der Waals surface area contributed by atoms with Crippen LogP contribution in [0.25, 0.3) is 0 Å². The molecule has 0 unspecified atom stereocenters. The van der Waals surface area contributed by atoms with Gasteiger partial charge in [0.05, 0.1) is 42.4 Å². The molecule has 36 heavy (non-hydrogen) atoms. The number of sulfonamides is 1. The fraction of sp³-hybridized carbons (Fsp3) is 0.286. The van der Waals surface area contributed by atoms with E-state index in [1.807, 2.05) is 4.90 Å². The van der Waals surface area contributed by atoms with Gasteiger partial charge in [0.15, 0.2) is 15.7 Å². The first-order chi connectivity index (χ1) is 17.0. The average molecular weight is 554 g/mol. The van der Waals surface area contributed by atoms with Gasteiger partial charge in [-0.05, 0) is 24.3 Å². The van der Waals surface area contributed by atoms with Crippen molar-refractivity contribution in [1.82, 2.24) is 15.0 Å². The predicted octanol–water partition coefficient (Wildman–Crippen LogP) is 2.63. The molecule has 12 nitrogen and oxygen atoms in total. The lowest BCUT2D eigenvalue weighted by atomic mass is 10.2. The summed E-state index contributed by atoms with van der Waals surface area (Å²) >= 11 is 6.28. The highest BCUT2D eigenvalue weighted by molar-refractivity contribution is 7.92. The maximum atomic E-state index is 11.7. The second-order valence-corrected chi connectivity index (χ2v) is 12.4. The van der Waals surface area contributed by atoms with E-state index < -0.39 is 19.9 Å². The van der Waals surface area contributed by atoms with E-state index in [0.717, 1.165) is 6.26 Å². The second kappa shape index (κ2) is 10.3. The third-order valence-corrected chi connectivity index (χ3v) is 7.65. The molecule has 1 aliphatic heterocycles. The number of hydrogen-bond acceptors (Lipinski definition) is 11. The van der Waals surface area contributed by atoms with Crippen molar-refractivity contribution in [1.29, 1.82) is 0 Å². The van der Waals surface area contributed by atoms with Crippen molar-refractivity contribution in [2.24, 2.45) is 0 Å². The van der Waals surface area contributed by atoms with Crippen molar-refractivity contribution in [2.75, 3.05) is 58.2 Å². The minimum Gasteiger partial charge on any atom is -0.479 e. The molecule has 3 N–H and O–H groups in total. The van der Waals surface area contributed by atoms with Crippen LogP contribution < -0.4 is 25.0 Å². The summed E-state index contributed by atoms with van der Waals surface area (Å²) in [5, 5.41) is 6.28. The van der Waals surface area contributed by atoms with Gasteiger partial charge in [0.1, 0.15) is 16.5 Å². The molecule has 1 fully saturated rings. The van der Waals surface area contributed by atoms with E-state index in [4.69, 9.17) is 16.3 Å². The van der Waals surface area contributed by atoms with Crippen molar-refractivity contribution in [3.63, 3.8) is 0 Å². The van der Waals surface area contributed by atoms with Crippen LogP contribution in [0.5, 0.6) is 5.88 Å². The number of sulfone groups is 1. The molecule has 3 aromatic rings. The summed E-state index contributed by atoms with van der Waals surface area (Å²) < 4.78 is 54.7. The smallest absolute Gasteiger partial charge is 0.239 e. The lowest BCUT2D eigenvalue weighted by Gasteiger charge is -2.28. The molecule has 4 rings (SSSR count). The van der Waals surface area contributed by atoms with Crippen LogP contribution in [-0.4, -0.2) is 69.7 Å². The van der Waals surface area contributed by atoms with Crippen LogP contribution >= 0.6 is 11.6 Å². The largest absolute Gasteiger partial charge is 0.479 e. The summed E-state index contributed by atoms with van der Waals surface area (Å²) in [6.07, 6.45) is 2.46. The Balaban J connectivity index is 1.55. The van der Waals surface area contributed by atoms with Gasteiger partial charge in [-0.1, -0.05) is 23.7 Å². The number of ether oxygens (including phenoxy) is 1. The summed E-state index contributed by atoms with van der Waals surface area (Å²) in [5.41, 5.74) is 1.26. The van der Waals surface area contributed by atoms with E-state index in [-0.39, 0.29) is 34.2 Å². The minimum absolute atomic E-state index is 0.0776. The molecule has 3 heterocycles. The molecule has 1 saturated heterocycles. The zero-order chi connectivity index (χ0) is 25.9. The van der Waals surface area contributed by atoms with E-state index in [1.165, 1.54) is 13.3 Å². The first kappa shape index (κ1) is 25.7. The van der Waals surface area contributed by atoms with Gasteiger partial charge >= 0.3 is 0 Å². The predicted molar refractivity (Wildman–Crippen MR) is 140 cm³/mol. The van der Waals surface area contributed by atoms with Gasteiger partial charge in [0.25, 0.3) is 0 Å². The molecule has 1 aliphatic rings. The van der Waals surface area contributed by atoms with Crippen LogP contribution in [0.15, 0.2) is 42.6 Å². The second-order valence-electron chi connectivity index (χ2n) is 7.93. The Morgan fingerprint density at radius 1 is 1.00 bits per heavy atom. The summed E-state index contributed by atoms with van der Waals surface area (Å²) in [6.45, 7) is 0.715. The van der Waals surface area contributed by atoms with E-state index in [9.17, 15) is 16.8 Å². The number of benzene rings is 1. The van der Waals surface area contributed by atoms with Gasteiger partial charge in [0, 0.05) is 13.1 Å². The highest BCUT2D eigenvalue weighted by atomic mass is 35.5. The van der Waals surface area contributed by atoms with Crippen LogP contribution in [0, 0.1) is 0 Å². The van der Waals surface area contributed by atoms with Gasteiger partial charge in [-0.15, -0.1) is 0 Å². The fourth-order valence-corrected chi connectivity index (χ4v) is 5.36. The number of aromatic nitrogens is 3. The SMILES string of the molecule is COc1nc(N2CCS(=O)(=O)CC2)ccc1Nc1ncc(Cl)c(Nc2ccccc2NS(C)(=O)=O)n1. The summed E-state index contributed by atoms with van der Waals surface area (Å²) in [5.74, 6) is 1.46. The molecule has 2 aromatic heterocycles. The minimum atomic E-state index is -3.50. The maximum Gasteiger partial charge on any atom is 0.239 e. The van der Waals surface area contributed by atoms with Crippen LogP contribution in [0.4, 0.5) is 34.6 Å². The highest BCUT2D eigenvalue weighted by Crippen LogP contribution is 2.32. The number of nitrogens with one attached hydrogen (secondary N) is 3. The molecule has 0 amide bonds. The molecule has 0 atom stereocenters. The van der Waals surface area contributed by atoms with Crippen LogP contribution in [0.1, 0.15) is 0 Å². The van der Waals surface area contributed by atoms with E-state index in [0.29, 0.717) is 36.0 Å². The Labute approximate surface area is 214 Å². The number of halogens is 1. The zero-order valence-corrected chi connectivity index (χ0v) is 21.8. The Morgan fingerprint density at radius 3 is 2.36 bits per heavy atom. The van der Waals surface area contributed by atoms with E-state index >= 15 is 0 Å². The van der Waals surface area contributed by atoms with E-state index in [1.54, 1.807) is 36.4 Å². The Bertz CT molecular complexity index is 1470. The number of nitrogens with zero attached hydrogens (tertiary/aromatic N) is 4. The first-order valence-electron chi connectivity index (χ1n) is 10.7. The molecule has 0 bridgehead atoms. The number of hydrogen-bond donors (Lipinski definition) is 3. The first-order valence-corrected chi connectivity index (χ1v) is 14.8. The normalized spacial score (nSPS) is 15.2. The highest BCUT2D eigenvalue weighted by Gasteiger charge is 2.23. The number of rotatable bonds is 8. The van der Waals surface area contributed by atoms with Crippen LogP contribution in [0.2, 0.25) is 5.02 Å². The van der Waals surface area contributed by atoms with Crippen molar-refractivity contribution >= 4 is 66.1 Å². The fourth-order valence-electron chi connectivity index (χ4n) is 3.44. The third kappa shape index (κ3) is 6.44. The van der Waals surface area contributed by atoms with Crippen molar-refractivity contribution in [3.8, 4) is 5.88 Å². The Morgan fingerprint density at radius 2 is 1.69 bits per heavy atom. The van der Waals surface area contributed by atoms with Crippen LogP contribution in [0.3, 0.4) is 0 Å². The number of methoxy groups -OCH3 is 1. The lowest BCUT2D eigenvalue weighted by Crippen LogP contribution is -2.40. The molecule has 0 aliphatic carbocycles. The Kier molecular flexibility index (Phi) is 7.38. The van der Waals surface area contributed by atoms with E-state index in [2.05, 4.69) is 30.3 Å². The molecule has 1 aromatic carbocycles. The quantitative estimate of drug-likeness (QED) is 0.377. The van der Waals surface area contributed by atoms with Crippen LogP contribution in [-0.2, 0) is 19.9 Å². The lowest BCUT2D eigenvalue weighted by molar-refractivity contribution is 0.400. The third-order valence-electron chi connectivity index (χ3n) is 5.17. The molecule has 0 spiro atoms. The summed E-state index contributed by atoms with van der Waals surface area (Å²) in [7, 11) is -5.04. The van der Waals surface area contributed by atoms with Crippen molar-refractivity contribution in [3.05, 3.63) is 47.6 Å². The number of pyridine rings is 1. The number of para-hydroxylation sites is 2. The zero-order valence-electron chi connectivity index (χ0n) is 19.4. The molecule has 0 saturated carbocycles.